The molecule has 0 N–H and O–H groups in total. The minimum atomic E-state index is -3.58. The molecule has 0 rings (SSSR count). The lowest BCUT2D eigenvalue weighted by atomic mass is 10.6. The maximum absolute atomic E-state index is 10.6. The second-order valence-electron chi connectivity index (χ2n) is 2.10. The van der Waals surface area contributed by atoms with E-state index in [0.717, 1.165) is 6.26 Å². The Labute approximate surface area is 76.4 Å². The molecule has 7 nitrogen and oxygen atoms in total. The summed E-state index contributed by atoms with van der Waals surface area (Å²) in [5.74, 6) is 0. The van der Waals surface area contributed by atoms with Crippen LogP contribution in [-0.4, -0.2) is 34.1 Å². The van der Waals surface area contributed by atoms with Crippen molar-refractivity contribution in [3.8, 4) is 0 Å². The largest absolute Gasteiger partial charge is 0.352 e. The minimum Gasteiger partial charge on any atom is -0.352 e. The summed E-state index contributed by atoms with van der Waals surface area (Å²) in [6, 6.07) is 0. The number of nitrogens with zero attached hydrogens (tertiary/aromatic N) is 3. The van der Waals surface area contributed by atoms with E-state index in [1.54, 1.807) is 6.92 Å². The molecule has 76 valence electrons. The number of ether oxygens (including phenoxy) is 1. The standard InChI is InChI=1S/C5H11N3O4S/c1-3-11-5(4-7-8-6)12-13(2,9)10/h5H,3-4H2,1-2H3. The zero-order valence-electron chi connectivity index (χ0n) is 7.37. The Morgan fingerprint density at radius 3 is 2.62 bits per heavy atom. The maximum Gasteiger partial charge on any atom is 0.266 e. The molecule has 1 unspecified atom stereocenters. The molecule has 0 amide bonds. The predicted octanol–water partition coefficient (Wildman–Crippen LogP) is 0.636. The highest BCUT2D eigenvalue weighted by Crippen LogP contribution is 2.00. The molecule has 0 aliphatic carbocycles. The van der Waals surface area contributed by atoms with Crippen molar-refractivity contribution in [2.75, 3.05) is 19.4 Å². The molecule has 0 radical (unpaired) electrons. The first-order valence-corrected chi connectivity index (χ1v) is 5.32. The number of hydrogen-bond acceptors (Lipinski definition) is 5. The Morgan fingerprint density at radius 2 is 2.23 bits per heavy atom. The van der Waals surface area contributed by atoms with Crippen molar-refractivity contribution in [1.29, 1.82) is 0 Å². The van der Waals surface area contributed by atoms with Crippen LogP contribution in [-0.2, 0) is 19.0 Å². The monoisotopic (exact) mass is 209 g/mol. The van der Waals surface area contributed by atoms with Crippen LogP contribution < -0.4 is 0 Å². The van der Waals surface area contributed by atoms with Crippen molar-refractivity contribution < 1.29 is 17.3 Å². The fraction of sp³-hybridized carbons (Fsp3) is 1.00. The second-order valence-corrected chi connectivity index (χ2v) is 3.70. The fourth-order valence-corrected chi connectivity index (χ4v) is 1.10. The lowest BCUT2D eigenvalue weighted by Gasteiger charge is -2.12. The zero-order chi connectivity index (χ0) is 10.3. The summed E-state index contributed by atoms with van der Waals surface area (Å²) in [7, 11) is -3.58. The molecule has 0 aromatic rings. The van der Waals surface area contributed by atoms with Crippen LogP contribution in [0, 0.1) is 0 Å². The zero-order valence-corrected chi connectivity index (χ0v) is 8.19. The molecule has 1 atom stereocenters. The van der Waals surface area contributed by atoms with E-state index in [0.29, 0.717) is 0 Å². The summed E-state index contributed by atoms with van der Waals surface area (Å²) in [5, 5.41) is 3.14. The highest BCUT2D eigenvalue weighted by Gasteiger charge is 2.13. The van der Waals surface area contributed by atoms with Crippen LogP contribution >= 0.6 is 0 Å². The van der Waals surface area contributed by atoms with Crippen molar-refractivity contribution in [1.82, 2.24) is 0 Å². The van der Waals surface area contributed by atoms with Gasteiger partial charge in [0.05, 0.1) is 12.8 Å². The van der Waals surface area contributed by atoms with E-state index in [1.807, 2.05) is 0 Å². The lowest BCUT2D eigenvalue weighted by molar-refractivity contribution is -0.0631. The van der Waals surface area contributed by atoms with E-state index in [4.69, 9.17) is 10.3 Å². The van der Waals surface area contributed by atoms with Crippen molar-refractivity contribution in [2.24, 2.45) is 5.11 Å². The van der Waals surface area contributed by atoms with Crippen LogP contribution in [0.2, 0.25) is 0 Å². The van der Waals surface area contributed by atoms with Gasteiger partial charge in [0.1, 0.15) is 0 Å². The van der Waals surface area contributed by atoms with Gasteiger partial charge < -0.3 is 4.74 Å². The Hall–Kier alpha value is -0.820. The summed E-state index contributed by atoms with van der Waals surface area (Å²) < 4.78 is 30.6. The molecule has 0 bridgehead atoms. The van der Waals surface area contributed by atoms with Crippen LogP contribution in [0.4, 0.5) is 0 Å². The molecule has 0 saturated heterocycles. The Balaban J connectivity index is 4.17. The third-order valence-corrected chi connectivity index (χ3v) is 1.49. The molecule has 0 aromatic carbocycles. The fourth-order valence-electron chi connectivity index (χ4n) is 0.595. The Bertz CT molecular complexity index is 282. The number of hydrogen-bond donors (Lipinski definition) is 0. The Kier molecular flexibility index (Phi) is 5.40. The van der Waals surface area contributed by atoms with Crippen molar-refractivity contribution >= 4 is 10.1 Å². The van der Waals surface area contributed by atoms with Crippen LogP contribution in [0.3, 0.4) is 0 Å². The first-order chi connectivity index (χ1) is 5.99. The average molecular weight is 209 g/mol. The third-order valence-electron chi connectivity index (χ3n) is 0.929. The second kappa shape index (κ2) is 5.76. The van der Waals surface area contributed by atoms with E-state index >= 15 is 0 Å². The van der Waals surface area contributed by atoms with Gasteiger partial charge >= 0.3 is 0 Å². The summed E-state index contributed by atoms with van der Waals surface area (Å²) in [6.07, 6.45) is -0.134. The van der Waals surface area contributed by atoms with E-state index in [-0.39, 0.29) is 13.2 Å². The van der Waals surface area contributed by atoms with Gasteiger partial charge in [-0.15, -0.1) is 0 Å². The number of azide groups is 1. The molecule has 0 heterocycles. The molecule has 13 heavy (non-hydrogen) atoms. The lowest BCUT2D eigenvalue weighted by Crippen LogP contribution is -2.23. The van der Waals surface area contributed by atoms with Crippen LogP contribution in [0.15, 0.2) is 5.11 Å². The van der Waals surface area contributed by atoms with Crippen LogP contribution in [0.5, 0.6) is 0 Å². The van der Waals surface area contributed by atoms with Gasteiger partial charge in [0.25, 0.3) is 10.1 Å². The molecular formula is C5H11N3O4S. The highest BCUT2D eigenvalue weighted by atomic mass is 32.2. The average Bonchev–Trinajstić information content (AvgIpc) is 1.98. The SMILES string of the molecule is CCOC(CN=[N+]=[N-])OS(C)(=O)=O. The molecule has 0 spiro atoms. The van der Waals surface area contributed by atoms with Gasteiger partial charge in [0.15, 0.2) is 6.29 Å². The van der Waals surface area contributed by atoms with Crippen LogP contribution in [0.25, 0.3) is 10.4 Å². The van der Waals surface area contributed by atoms with Gasteiger partial charge in [-0.3, -0.25) is 0 Å². The summed E-state index contributed by atoms with van der Waals surface area (Å²) in [5.41, 5.74) is 7.98. The molecule has 8 heteroatoms. The van der Waals surface area contributed by atoms with Gasteiger partial charge in [-0.2, -0.15) is 8.42 Å². The third kappa shape index (κ3) is 7.54. The van der Waals surface area contributed by atoms with Gasteiger partial charge in [0, 0.05) is 11.5 Å². The smallest absolute Gasteiger partial charge is 0.266 e. The molecule has 0 saturated carbocycles. The summed E-state index contributed by atoms with van der Waals surface area (Å²) >= 11 is 0. The molecule has 0 aliphatic rings. The predicted molar refractivity (Wildman–Crippen MR) is 45.4 cm³/mol. The van der Waals surface area contributed by atoms with E-state index < -0.39 is 16.4 Å². The first-order valence-electron chi connectivity index (χ1n) is 3.50. The molecule has 0 fully saturated rings. The van der Waals surface area contributed by atoms with Gasteiger partial charge in [0.2, 0.25) is 0 Å². The summed E-state index contributed by atoms with van der Waals surface area (Å²) in [6.45, 7) is 1.78. The maximum atomic E-state index is 10.6. The minimum absolute atomic E-state index is 0.169. The van der Waals surface area contributed by atoms with E-state index in [9.17, 15) is 8.42 Å². The quantitative estimate of drug-likeness (QED) is 0.210. The van der Waals surface area contributed by atoms with Crippen molar-refractivity contribution in [2.45, 2.75) is 13.2 Å². The van der Waals surface area contributed by atoms with Crippen molar-refractivity contribution in [3.63, 3.8) is 0 Å². The normalized spacial score (nSPS) is 13.4. The molecular weight excluding hydrogens is 198 g/mol. The number of rotatable bonds is 6. The van der Waals surface area contributed by atoms with Gasteiger partial charge in [-0.1, -0.05) is 5.11 Å². The van der Waals surface area contributed by atoms with Gasteiger partial charge in [-0.05, 0) is 12.5 Å². The summed E-state index contributed by atoms with van der Waals surface area (Å²) in [4.78, 5) is 2.46. The molecule has 0 aromatic heterocycles. The Morgan fingerprint density at radius 1 is 1.62 bits per heavy atom. The first kappa shape index (κ1) is 12.2. The van der Waals surface area contributed by atoms with E-state index in [1.165, 1.54) is 0 Å². The van der Waals surface area contributed by atoms with Crippen molar-refractivity contribution in [3.05, 3.63) is 10.4 Å². The highest BCUT2D eigenvalue weighted by molar-refractivity contribution is 7.86. The van der Waals surface area contributed by atoms with E-state index in [2.05, 4.69) is 14.2 Å². The van der Waals surface area contributed by atoms with Gasteiger partial charge in [-0.25, -0.2) is 4.18 Å². The van der Waals surface area contributed by atoms with Crippen LogP contribution in [0.1, 0.15) is 6.92 Å². The topological polar surface area (TPSA) is 101 Å². The molecule has 0 aliphatic heterocycles.